The minimum atomic E-state index is -1.03. The summed E-state index contributed by atoms with van der Waals surface area (Å²) in [6, 6.07) is 0. The Bertz CT molecular complexity index is 946. The number of carboxylic acids is 1. The highest BCUT2D eigenvalue weighted by Gasteiger charge is 2.63. The molecule has 4 rings (SSSR count). The van der Waals surface area contributed by atoms with Crippen molar-refractivity contribution < 1.29 is 24.6 Å². The number of hydrogen-bond donors (Lipinski definition) is 2. The second-order valence-corrected chi connectivity index (χ2v) is 10.9. The maximum atomic E-state index is 13.2. The first-order valence-electron chi connectivity index (χ1n) is 11.0. The summed E-state index contributed by atoms with van der Waals surface area (Å²) >= 11 is 5.15. The number of carbonyl (C=O) groups is 3. The minimum absolute atomic E-state index is 0.00432. The number of rotatable bonds is 5. The number of carboxylic acid groups (broad SMARTS) is 1. The van der Waals surface area contributed by atoms with E-state index in [1.807, 2.05) is 6.08 Å². The molecule has 5 nitrogen and oxygen atoms in total. The van der Waals surface area contributed by atoms with E-state index in [1.165, 1.54) is 0 Å². The van der Waals surface area contributed by atoms with Crippen molar-refractivity contribution >= 4 is 34.6 Å². The van der Waals surface area contributed by atoms with Crippen molar-refractivity contribution in [3.63, 3.8) is 0 Å². The molecule has 6 heteroatoms. The second-order valence-electron chi connectivity index (χ2n) is 10.3. The van der Waals surface area contributed by atoms with Crippen molar-refractivity contribution in [1.82, 2.24) is 0 Å². The van der Waals surface area contributed by atoms with Gasteiger partial charge in [0.2, 0.25) is 0 Å². The molecule has 0 saturated heterocycles. The van der Waals surface area contributed by atoms with Crippen LogP contribution in [0.15, 0.2) is 36.0 Å². The van der Waals surface area contributed by atoms with Gasteiger partial charge in [-0.3, -0.25) is 14.4 Å². The summed E-state index contributed by atoms with van der Waals surface area (Å²) in [4.78, 5) is 36.3. The van der Waals surface area contributed by atoms with Crippen LogP contribution in [0.2, 0.25) is 0 Å². The van der Waals surface area contributed by atoms with Gasteiger partial charge in [0.05, 0.1) is 12.5 Å². The molecule has 0 radical (unpaired) electrons. The van der Waals surface area contributed by atoms with E-state index in [4.69, 9.17) is 17.3 Å². The van der Waals surface area contributed by atoms with E-state index >= 15 is 0 Å². The number of aliphatic carboxylic acids is 1. The fraction of sp³-hybridized carbons (Fsp3) is 0.600. The Hall–Kier alpha value is -1.92. The summed E-state index contributed by atoms with van der Waals surface area (Å²) in [5.41, 5.74) is 1.22. The van der Waals surface area contributed by atoms with Gasteiger partial charge in [-0.2, -0.15) is 0 Å². The Morgan fingerprint density at radius 2 is 2.00 bits per heavy atom. The summed E-state index contributed by atoms with van der Waals surface area (Å²) in [6.45, 7) is 8.45. The lowest BCUT2D eigenvalue weighted by molar-refractivity contribution is -0.137. The van der Waals surface area contributed by atoms with E-state index in [0.29, 0.717) is 6.42 Å². The number of aliphatic hydroxyl groups is 1. The monoisotopic (exact) mass is 442 g/mol. The van der Waals surface area contributed by atoms with Gasteiger partial charge >= 0.3 is 5.97 Å². The van der Waals surface area contributed by atoms with Gasteiger partial charge in [-0.15, -0.1) is 0 Å². The van der Waals surface area contributed by atoms with E-state index in [0.717, 1.165) is 30.4 Å². The van der Waals surface area contributed by atoms with Crippen LogP contribution in [0.5, 0.6) is 0 Å². The molecule has 166 valence electrons. The lowest BCUT2D eigenvalue weighted by Gasteiger charge is -2.58. The summed E-state index contributed by atoms with van der Waals surface area (Å²) in [5.74, 6) is -1.04. The molecule has 0 amide bonds. The third-order valence-corrected chi connectivity index (χ3v) is 8.81. The third kappa shape index (κ3) is 3.48. The largest absolute Gasteiger partial charge is 0.481 e. The van der Waals surface area contributed by atoms with Crippen LogP contribution in [0.4, 0.5) is 0 Å². The van der Waals surface area contributed by atoms with Gasteiger partial charge in [-0.25, -0.2) is 0 Å². The number of fused-ring (bicyclic) bond motifs is 5. The van der Waals surface area contributed by atoms with Crippen LogP contribution in [-0.2, 0) is 14.4 Å². The highest BCUT2D eigenvalue weighted by molar-refractivity contribution is 7.80. The predicted octanol–water partition coefficient (Wildman–Crippen LogP) is 3.85. The zero-order valence-electron chi connectivity index (χ0n) is 18.1. The van der Waals surface area contributed by atoms with Crippen LogP contribution in [0.1, 0.15) is 52.4 Å². The Kier molecular flexibility index (Phi) is 5.46. The molecule has 2 N–H and O–H groups in total. The molecule has 0 aromatic rings. The molecule has 4 aliphatic carbocycles. The van der Waals surface area contributed by atoms with Crippen LogP contribution >= 0.6 is 12.2 Å². The average Bonchev–Trinajstić information content (AvgIpc) is 2.91. The van der Waals surface area contributed by atoms with E-state index in [2.05, 4.69) is 20.4 Å². The van der Waals surface area contributed by atoms with Crippen molar-refractivity contribution in [2.45, 2.75) is 58.5 Å². The maximum Gasteiger partial charge on any atom is 0.308 e. The number of hydrogen-bond acceptors (Lipinski definition) is 5. The van der Waals surface area contributed by atoms with Crippen molar-refractivity contribution in [2.75, 3.05) is 0 Å². The molecule has 0 aliphatic heterocycles. The fourth-order valence-corrected chi connectivity index (χ4v) is 7.68. The van der Waals surface area contributed by atoms with Crippen LogP contribution in [0, 0.1) is 34.5 Å². The van der Waals surface area contributed by atoms with Crippen molar-refractivity contribution in [3.8, 4) is 0 Å². The van der Waals surface area contributed by atoms with Gasteiger partial charge < -0.3 is 10.2 Å². The van der Waals surface area contributed by atoms with Gasteiger partial charge in [0, 0.05) is 28.5 Å². The quantitative estimate of drug-likeness (QED) is 0.496. The predicted molar refractivity (Wildman–Crippen MR) is 120 cm³/mol. The smallest absolute Gasteiger partial charge is 0.308 e. The Morgan fingerprint density at radius 1 is 1.29 bits per heavy atom. The Labute approximate surface area is 188 Å². The molecule has 3 fully saturated rings. The highest BCUT2D eigenvalue weighted by Crippen LogP contribution is 2.67. The zero-order chi connectivity index (χ0) is 22.7. The van der Waals surface area contributed by atoms with E-state index < -0.39 is 23.4 Å². The minimum Gasteiger partial charge on any atom is -0.481 e. The average molecular weight is 443 g/mol. The first-order valence-corrected chi connectivity index (χ1v) is 11.4. The summed E-state index contributed by atoms with van der Waals surface area (Å²) < 4.78 is 0. The molecule has 3 saturated carbocycles. The first-order chi connectivity index (χ1) is 14.5. The molecule has 4 aliphatic rings. The standard InChI is InChI=1S/C25H30O5S/c1-13-8-18-17-5-4-14-9-15(26)6-7-24(14,2)23(17)20(28)12-25(18,3)22(13)19(27)10-16(31)11-21(29)30/h6-7,9,17-18,20,22-23,28H,1,4-5,8,10-12H2,2-3H3,(H,29,30)/t17-,18-,20-,22+,23+,24-,25-/m0/s1. The SMILES string of the molecule is C=C1C[C@H]2[C@@H]3CCC4=CC(=O)C=C[C@]4(C)[C@H]3[C@@H](O)C[C@]2(C)[C@H]1C(=O)CC(=S)CC(=O)O. The van der Waals surface area contributed by atoms with Crippen molar-refractivity contribution in [1.29, 1.82) is 0 Å². The molecule has 0 spiro atoms. The van der Waals surface area contributed by atoms with Crippen LogP contribution in [0.25, 0.3) is 0 Å². The number of aliphatic hydroxyl groups excluding tert-OH is 1. The molecular weight excluding hydrogens is 412 g/mol. The summed E-state index contributed by atoms with van der Waals surface area (Å²) in [5, 5.41) is 20.4. The van der Waals surface area contributed by atoms with Gasteiger partial charge in [-0.1, -0.05) is 49.9 Å². The lowest BCUT2D eigenvalue weighted by Crippen LogP contribution is -2.56. The van der Waals surface area contributed by atoms with Crippen LogP contribution in [0.3, 0.4) is 0 Å². The number of carbonyl (C=O) groups excluding carboxylic acids is 2. The number of thiocarbonyl (C=S) groups is 1. The topological polar surface area (TPSA) is 91.7 Å². The normalized spacial score (nSPS) is 41.1. The van der Waals surface area contributed by atoms with Crippen molar-refractivity contribution in [3.05, 3.63) is 36.0 Å². The summed E-state index contributed by atoms with van der Waals surface area (Å²) in [7, 11) is 0. The molecule has 0 aromatic heterocycles. The molecular formula is C25H30O5S. The molecule has 7 atom stereocenters. The molecule has 0 heterocycles. The van der Waals surface area contributed by atoms with Gasteiger partial charge in [0.25, 0.3) is 0 Å². The summed E-state index contributed by atoms with van der Waals surface area (Å²) in [6.07, 6.45) is 7.36. The van der Waals surface area contributed by atoms with E-state index in [9.17, 15) is 19.5 Å². The van der Waals surface area contributed by atoms with Gasteiger partial charge in [0.1, 0.15) is 5.78 Å². The number of Topliss-reactive ketones (excluding diaryl/α,β-unsaturated/α-hetero) is 1. The third-order valence-electron chi connectivity index (χ3n) is 8.52. The highest BCUT2D eigenvalue weighted by atomic mass is 32.1. The fourth-order valence-electron chi connectivity index (χ4n) is 7.41. The van der Waals surface area contributed by atoms with E-state index in [-0.39, 0.29) is 52.4 Å². The molecule has 0 aromatic carbocycles. The maximum absolute atomic E-state index is 13.2. The van der Waals surface area contributed by atoms with E-state index in [1.54, 1.807) is 12.2 Å². The van der Waals surface area contributed by atoms with Crippen LogP contribution in [-0.4, -0.2) is 38.7 Å². The Morgan fingerprint density at radius 3 is 2.68 bits per heavy atom. The first kappa shape index (κ1) is 22.3. The van der Waals surface area contributed by atoms with Crippen molar-refractivity contribution in [2.24, 2.45) is 34.5 Å². The van der Waals surface area contributed by atoms with Gasteiger partial charge in [-0.05, 0) is 55.1 Å². The molecule has 0 bridgehead atoms. The van der Waals surface area contributed by atoms with Gasteiger partial charge in [0.15, 0.2) is 5.78 Å². The zero-order valence-corrected chi connectivity index (χ0v) is 18.9. The number of allylic oxidation sites excluding steroid dienone is 5. The molecule has 31 heavy (non-hydrogen) atoms. The molecule has 0 unspecified atom stereocenters. The van der Waals surface area contributed by atoms with Crippen LogP contribution < -0.4 is 0 Å². The number of ketones is 2. The lowest BCUT2D eigenvalue weighted by atomic mass is 9.46. The Balaban J connectivity index is 1.63. The second kappa shape index (κ2) is 7.59.